The minimum absolute atomic E-state index is 0.373. The second-order valence-electron chi connectivity index (χ2n) is 6.79. The fourth-order valence-corrected chi connectivity index (χ4v) is 4.45. The molecule has 0 spiro atoms. The number of thiophene rings is 1. The predicted molar refractivity (Wildman–Crippen MR) is 96.4 cm³/mol. The Labute approximate surface area is 149 Å². The molecule has 2 aliphatic rings. The van der Waals surface area contributed by atoms with Crippen molar-refractivity contribution in [3.63, 3.8) is 0 Å². The Morgan fingerprint density at radius 3 is 2.88 bits per heavy atom. The van der Waals surface area contributed by atoms with Crippen LogP contribution in [0.25, 0.3) is 10.8 Å². The molecular formula is C19H19N3O2S. The Kier molecular flexibility index (Phi) is 3.60. The molecular weight excluding hydrogens is 334 g/mol. The minimum Gasteiger partial charge on any atom is -0.387 e. The van der Waals surface area contributed by atoms with Crippen molar-refractivity contribution >= 4 is 11.3 Å². The van der Waals surface area contributed by atoms with Gasteiger partial charge in [0.05, 0.1) is 4.88 Å². The van der Waals surface area contributed by atoms with E-state index < -0.39 is 0 Å². The highest BCUT2D eigenvalue weighted by molar-refractivity contribution is 7.13. The fourth-order valence-electron chi connectivity index (χ4n) is 3.80. The largest absolute Gasteiger partial charge is 0.438 e. The molecule has 1 aromatic carbocycles. The Balaban J connectivity index is 1.45. The number of aromatic nitrogens is 2. The first-order valence-electron chi connectivity index (χ1n) is 8.75. The summed E-state index contributed by atoms with van der Waals surface area (Å²) in [6.45, 7) is 0.497. The van der Waals surface area contributed by atoms with Crippen LogP contribution in [0.15, 0.2) is 51.0 Å². The summed E-state index contributed by atoms with van der Waals surface area (Å²) in [5.41, 5.74) is 2.84. The molecule has 5 rings (SSSR count). The standard InChI is InChI=1S/C19H19N3O2S/c23-19-22(20-18(24-19)17-6-3-11-25-17)12-21(14-8-9-14)16-10-7-13-4-1-2-5-15(13)16/h1-6,11,14,16H,7-10,12H2. The topological polar surface area (TPSA) is 51.3 Å². The summed E-state index contributed by atoms with van der Waals surface area (Å²) in [5, 5.41) is 6.39. The summed E-state index contributed by atoms with van der Waals surface area (Å²) in [5.74, 6) is 0.0444. The van der Waals surface area contributed by atoms with E-state index in [0.717, 1.165) is 17.7 Å². The molecule has 5 nitrogen and oxygen atoms in total. The van der Waals surface area contributed by atoms with E-state index in [4.69, 9.17) is 4.42 Å². The van der Waals surface area contributed by atoms with Gasteiger partial charge in [0.1, 0.15) is 6.67 Å². The third kappa shape index (κ3) is 2.75. The predicted octanol–water partition coefficient (Wildman–Crippen LogP) is 3.67. The summed E-state index contributed by atoms with van der Waals surface area (Å²) in [6, 6.07) is 13.4. The van der Waals surface area contributed by atoms with Crippen LogP contribution >= 0.6 is 11.3 Å². The van der Waals surface area contributed by atoms with E-state index in [1.165, 1.54) is 40.0 Å². The second-order valence-corrected chi connectivity index (χ2v) is 7.74. The van der Waals surface area contributed by atoms with Gasteiger partial charge in [0.2, 0.25) is 0 Å². The van der Waals surface area contributed by atoms with Crippen LogP contribution in [0.2, 0.25) is 0 Å². The van der Waals surface area contributed by atoms with E-state index in [1.807, 2.05) is 17.5 Å². The number of rotatable bonds is 5. The number of fused-ring (bicyclic) bond motifs is 1. The van der Waals surface area contributed by atoms with Crippen molar-refractivity contribution in [2.24, 2.45) is 0 Å². The van der Waals surface area contributed by atoms with Gasteiger partial charge in [-0.2, -0.15) is 4.68 Å². The van der Waals surface area contributed by atoms with Crippen molar-refractivity contribution < 1.29 is 4.42 Å². The van der Waals surface area contributed by atoms with Crippen LogP contribution in [0, 0.1) is 0 Å². The molecule has 1 fully saturated rings. The summed E-state index contributed by atoms with van der Waals surface area (Å²) < 4.78 is 6.85. The Bertz CT molecular complexity index is 940. The molecule has 128 valence electrons. The lowest BCUT2D eigenvalue weighted by molar-refractivity contribution is 0.128. The third-order valence-electron chi connectivity index (χ3n) is 5.15. The average Bonchev–Trinajstić information content (AvgIpc) is 3.03. The number of benzene rings is 1. The monoisotopic (exact) mass is 353 g/mol. The molecule has 2 heterocycles. The van der Waals surface area contributed by atoms with Crippen molar-refractivity contribution in [3.05, 3.63) is 63.5 Å². The highest BCUT2D eigenvalue weighted by Crippen LogP contribution is 2.41. The van der Waals surface area contributed by atoms with Crippen LogP contribution in [0.5, 0.6) is 0 Å². The maximum absolute atomic E-state index is 12.3. The highest BCUT2D eigenvalue weighted by Gasteiger charge is 2.38. The maximum atomic E-state index is 12.3. The molecule has 25 heavy (non-hydrogen) atoms. The molecule has 0 bridgehead atoms. The van der Waals surface area contributed by atoms with E-state index in [0.29, 0.717) is 24.6 Å². The smallest absolute Gasteiger partial charge is 0.387 e. The van der Waals surface area contributed by atoms with Gasteiger partial charge >= 0.3 is 5.76 Å². The zero-order chi connectivity index (χ0) is 16.8. The van der Waals surface area contributed by atoms with Gasteiger partial charge in [0.25, 0.3) is 5.89 Å². The zero-order valence-electron chi connectivity index (χ0n) is 13.8. The number of hydrogen-bond donors (Lipinski definition) is 0. The second kappa shape index (κ2) is 5.97. The van der Waals surface area contributed by atoms with Gasteiger partial charge in [-0.1, -0.05) is 30.3 Å². The van der Waals surface area contributed by atoms with Crippen LogP contribution in [0.1, 0.15) is 36.4 Å². The van der Waals surface area contributed by atoms with Crippen LogP contribution in [-0.2, 0) is 13.1 Å². The van der Waals surface area contributed by atoms with E-state index >= 15 is 0 Å². The van der Waals surface area contributed by atoms with Crippen LogP contribution in [0.4, 0.5) is 0 Å². The van der Waals surface area contributed by atoms with Crippen LogP contribution in [0.3, 0.4) is 0 Å². The number of hydrogen-bond acceptors (Lipinski definition) is 5. The van der Waals surface area contributed by atoms with Crippen molar-refractivity contribution in [2.75, 3.05) is 0 Å². The lowest BCUT2D eigenvalue weighted by atomic mass is 10.1. The summed E-state index contributed by atoms with van der Waals surface area (Å²) >= 11 is 1.53. The third-order valence-corrected chi connectivity index (χ3v) is 6.01. The van der Waals surface area contributed by atoms with Gasteiger partial charge in [0, 0.05) is 12.1 Å². The van der Waals surface area contributed by atoms with Gasteiger partial charge < -0.3 is 4.42 Å². The quantitative estimate of drug-likeness (QED) is 0.702. The first kappa shape index (κ1) is 15.1. The highest BCUT2D eigenvalue weighted by atomic mass is 32.1. The Morgan fingerprint density at radius 2 is 2.08 bits per heavy atom. The van der Waals surface area contributed by atoms with Gasteiger partial charge in [-0.05, 0) is 48.3 Å². The van der Waals surface area contributed by atoms with Crippen molar-refractivity contribution in [1.82, 2.24) is 14.7 Å². The summed E-state index contributed by atoms with van der Waals surface area (Å²) in [7, 11) is 0. The van der Waals surface area contributed by atoms with Crippen LogP contribution in [-0.4, -0.2) is 20.7 Å². The fraction of sp³-hybridized carbons (Fsp3) is 0.368. The van der Waals surface area contributed by atoms with Gasteiger partial charge in [-0.15, -0.1) is 16.4 Å². The summed E-state index contributed by atoms with van der Waals surface area (Å²) in [6.07, 6.45) is 4.62. The van der Waals surface area contributed by atoms with E-state index in [-0.39, 0.29) is 5.76 Å². The average molecular weight is 353 g/mol. The van der Waals surface area contributed by atoms with Gasteiger partial charge in [-0.3, -0.25) is 4.90 Å². The summed E-state index contributed by atoms with van der Waals surface area (Å²) in [4.78, 5) is 15.6. The van der Waals surface area contributed by atoms with Crippen molar-refractivity contribution in [2.45, 2.75) is 44.4 Å². The molecule has 6 heteroatoms. The lowest BCUT2D eigenvalue weighted by Gasteiger charge is -2.28. The molecule has 3 aromatic rings. The van der Waals surface area contributed by atoms with E-state index in [2.05, 4.69) is 34.3 Å². The molecule has 2 aromatic heterocycles. The Hall–Kier alpha value is -2.18. The van der Waals surface area contributed by atoms with Crippen molar-refractivity contribution in [3.8, 4) is 10.8 Å². The SMILES string of the molecule is O=c1oc(-c2cccs2)nn1CN(C1CC1)C1CCc2ccccc21. The first-order chi connectivity index (χ1) is 12.3. The molecule has 0 N–H and O–H groups in total. The molecule has 2 aliphatic carbocycles. The molecule has 0 aliphatic heterocycles. The molecule has 0 saturated heterocycles. The van der Waals surface area contributed by atoms with Crippen LogP contribution < -0.4 is 5.76 Å². The van der Waals surface area contributed by atoms with Crippen molar-refractivity contribution in [1.29, 1.82) is 0 Å². The molecule has 1 saturated carbocycles. The van der Waals surface area contributed by atoms with E-state index in [1.54, 1.807) is 0 Å². The molecule has 0 amide bonds. The zero-order valence-corrected chi connectivity index (χ0v) is 14.6. The number of aryl methyl sites for hydroxylation is 1. The first-order valence-corrected chi connectivity index (χ1v) is 9.63. The lowest BCUT2D eigenvalue weighted by Crippen LogP contribution is -2.35. The molecule has 1 atom stereocenters. The Morgan fingerprint density at radius 1 is 1.20 bits per heavy atom. The maximum Gasteiger partial charge on any atom is 0.438 e. The number of nitrogens with zero attached hydrogens (tertiary/aromatic N) is 3. The molecule has 1 unspecified atom stereocenters. The molecule has 0 radical (unpaired) electrons. The normalized spacial score (nSPS) is 19.5. The minimum atomic E-state index is -0.375. The van der Waals surface area contributed by atoms with E-state index in [9.17, 15) is 4.79 Å². The van der Waals surface area contributed by atoms with Gasteiger partial charge in [-0.25, -0.2) is 4.79 Å². The van der Waals surface area contributed by atoms with Gasteiger partial charge in [0.15, 0.2) is 0 Å².